The third-order valence-electron chi connectivity index (χ3n) is 3.82. The van der Waals surface area contributed by atoms with Gasteiger partial charge in [0.1, 0.15) is 0 Å². The zero-order valence-electron chi connectivity index (χ0n) is 13.7. The van der Waals surface area contributed by atoms with E-state index in [1.807, 2.05) is 13.0 Å². The highest BCUT2D eigenvalue weighted by atomic mass is 32.2. The van der Waals surface area contributed by atoms with Gasteiger partial charge in [-0.25, -0.2) is 0 Å². The Morgan fingerprint density at radius 3 is 2.21 bits per heavy atom. The van der Waals surface area contributed by atoms with Gasteiger partial charge in [-0.15, -0.1) is 0 Å². The largest absolute Gasteiger partial charge is 0.392 e. The van der Waals surface area contributed by atoms with E-state index in [2.05, 4.69) is 29.2 Å². The van der Waals surface area contributed by atoms with E-state index < -0.39 is 10.1 Å². The van der Waals surface area contributed by atoms with Gasteiger partial charge in [-0.2, -0.15) is 8.42 Å². The van der Waals surface area contributed by atoms with Gasteiger partial charge in [0.15, 0.2) is 0 Å². The summed E-state index contributed by atoms with van der Waals surface area (Å²) in [5.74, 6) is 0. The molecule has 1 aliphatic heterocycles. The molecule has 24 heavy (non-hydrogen) atoms. The van der Waals surface area contributed by atoms with E-state index in [4.69, 9.17) is 4.55 Å². The molecule has 1 atom stereocenters. The van der Waals surface area contributed by atoms with Crippen LogP contribution < -0.4 is 0 Å². The number of aliphatic hydroxyl groups is 1. The molecule has 2 aromatic rings. The molecule has 1 heterocycles. The summed E-state index contributed by atoms with van der Waals surface area (Å²) in [4.78, 5) is 2.23. The molecule has 0 saturated carbocycles. The van der Waals surface area contributed by atoms with E-state index in [1.165, 1.54) is 17.7 Å². The molecule has 2 N–H and O–H groups in total. The second-order valence-electron chi connectivity index (χ2n) is 5.95. The Morgan fingerprint density at radius 2 is 1.71 bits per heavy atom. The maximum absolute atomic E-state index is 10.5. The molecular weight excluding hydrogens is 326 g/mol. The molecule has 0 aliphatic carbocycles. The summed E-state index contributed by atoms with van der Waals surface area (Å²) in [6.07, 6.45) is 0.816. The standard InChI is InChI=1S/C11H15NO.C7H8O3S/c13-11-6-7-12(9-11)8-10-4-2-1-3-5-10;1-6-2-4-7(5-3-6)11(8,9)10/h1-5,11,13H,6-9H2;2-5H,1H3,(H,8,9,10). The Morgan fingerprint density at radius 1 is 1.08 bits per heavy atom. The molecule has 0 amide bonds. The quantitative estimate of drug-likeness (QED) is 0.833. The van der Waals surface area contributed by atoms with Gasteiger partial charge in [0.05, 0.1) is 11.0 Å². The summed E-state index contributed by atoms with van der Waals surface area (Å²) in [5.41, 5.74) is 2.29. The van der Waals surface area contributed by atoms with Crippen LogP contribution in [-0.2, 0) is 16.7 Å². The van der Waals surface area contributed by atoms with Crippen LogP contribution in [0.2, 0.25) is 0 Å². The number of likely N-dealkylation sites (tertiary alicyclic amines) is 1. The lowest BCUT2D eigenvalue weighted by molar-refractivity contribution is 0.175. The van der Waals surface area contributed by atoms with Crippen LogP contribution in [-0.4, -0.2) is 42.2 Å². The third-order valence-corrected chi connectivity index (χ3v) is 4.68. The maximum Gasteiger partial charge on any atom is 0.294 e. The van der Waals surface area contributed by atoms with Crippen molar-refractivity contribution in [3.63, 3.8) is 0 Å². The maximum atomic E-state index is 10.5. The number of nitrogens with zero attached hydrogens (tertiary/aromatic N) is 1. The molecule has 5 nitrogen and oxygen atoms in total. The number of benzene rings is 2. The summed E-state index contributed by atoms with van der Waals surface area (Å²) < 4.78 is 29.6. The third kappa shape index (κ3) is 6.05. The number of hydrogen-bond acceptors (Lipinski definition) is 4. The molecule has 0 radical (unpaired) electrons. The van der Waals surface area contributed by atoms with Crippen LogP contribution in [0.3, 0.4) is 0 Å². The minimum Gasteiger partial charge on any atom is -0.392 e. The first-order chi connectivity index (χ1) is 11.3. The number of β-amino-alcohol motifs (C(OH)–C–C–N with tert-alkyl or cyclic N) is 1. The lowest BCUT2D eigenvalue weighted by atomic mass is 10.2. The zero-order chi connectivity index (χ0) is 17.6. The van der Waals surface area contributed by atoms with Gasteiger partial charge in [0.2, 0.25) is 0 Å². The first-order valence-corrected chi connectivity index (χ1v) is 9.27. The van der Waals surface area contributed by atoms with Crippen LogP contribution in [0.15, 0.2) is 59.5 Å². The monoisotopic (exact) mass is 349 g/mol. The number of aliphatic hydroxyl groups excluding tert-OH is 1. The average molecular weight is 349 g/mol. The molecule has 1 unspecified atom stereocenters. The number of rotatable bonds is 3. The molecule has 0 spiro atoms. The summed E-state index contributed by atoms with van der Waals surface area (Å²) in [7, 11) is -4.02. The van der Waals surface area contributed by atoms with E-state index in [1.54, 1.807) is 12.1 Å². The van der Waals surface area contributed by atoms with Crippen molar-refractivity contribution < 1.29 is 18.1 Å². The van der Waals surface area contributed by atoms with Crippen molar-refractivity contribution in [2.75, 3.05) is 13.1 Å². The predicted molar refractivity (Wildman–Crippen MR) is 93.3 cm³/mol. The van der Waals surface area contributed by atoms with Crippen molar-refractivity contribution in [3.05, 3.63) is 65.7 Å². The molecule has 1 saturated heterocycles. The fourth-order valence-corrected chi connectivity index (χ4v) is 2.99. The fourth-order valence-electron chi connectivity index (χ4n) is 2.51. The highest BCUT2D eigenvalue weighted by Crippen LogP contribution is 2.12. The lowest BCUT2D eigenvalue weighted by Crippen LogP contribution is -2.21. The molecule has 1 aliphatic rings. The van der Waals surface area contributed by atoms with Gasteiger partial charge in [0, 0.05) is 19.6 Å². The molecule has 1 fully saturated rings. The smallest absolute Gasteiger partial charge is 0.294 e. The van der Waals surface area contributed by atoms with Crippen molar-refractivity contribution in [1.29, 1.82) is 0 Å². The zero-order valence-corrected chi connectivity index (χ0v) is 14.5. The number of hydrogen-bond donors (Lipinski definition) is 2. The fraction of sp³-hybridized carbons (Fsp3) is 0.333. The van der Waals surface area contributed by atoms with Crippen LogP contribution in [0.4, 0.5) is 0 Å². The first-order valence-electron chi connectivity index (χ1n) is 7.83. The second kappa shape index (κ2) is 8.39. The van der Waals surface area contributed by atoms with Crippen molar-refractivity contribution in [3.8, 4) is 0 Å². The normalized spacial score (nSPS) is 18.0. The number of aryl methyl sites for hydroxylation is 1. The minimum atomic E-state index is -4.02. The molecule has 6 heteroatoms. The topological polar surface area (TPSA) is 77.8 Å². The van der Waals surface area contributed by atoms with Gasteiger partial charge in [-0.3, -0.25) is 9.45 Å². The Labute approximate surface area is 143 Å². The van der Waals surface area contributed by atoms with E-state index in [-0.39, 0.29) is 11.0 Å². The van der Waals surface area contributed by atoms with Crippen LogP contribution in [0.1, 0.15) is 17.5 Å². The highest BCUT2D eigenvalue weighted by molar-refractivity contribution is 7.85. The summed E-state index contributed by atoms with van der Waals surface area (Å²) in [6.45, 7) is 4.66. The molecule has 130 valence electrons. The van der Waals surface area contributed by atoms with Gasteiger partial charge < -0.3 is 5.11 Å². The van der Waals surface area contributed by atoms with E-state index in [9.17, 15) is 13.5 Å². The molecule has 2 aromatic carbocycles. The van der Waals surface area contributed by atoms with Crippen LogP contribution >= 0.6 is 0 Å². The van der Waals surface area contributed by atoms with Gasteiger partial charge in [0.25, 0.3) is 10.1 Å². The SMILES string of the molecule is Cc1ccc(S(=O)(=O)O)cc1.OC1CCN(Cc2ccccc2)C1. The van der Waals surface area contributed by atoms with Gasteiger partial charge in [-0.1, -0.05) is 48.0 Å². The Hall–Kier alpha value is -1.73. The Bertz CT molecular complexity index is 729. The molecule has 3 rings (SSSR count). The van der Waals surface area contributed by atoms with Crippen molar-refractivity contribution >= 4 is 10.1 Å². The summed E-state index contributed by atoms with van der Waals surface area (Å²) in [6, 6.07) is 16.4. The van der Waals surface area contributed by atoms with Crippen LogP contribution in [0.5, 0.6) is 0 Å². The average Bonchev–Trinajstić information content (AvgIpc) is 2.93. The summed E-state index contributed by atoms with van der Waals surface area (Å²) >= 11 is 0. The van der Waals surface area contributed by atoms with Gasteiger partial charge >= 0.3 is 0 Å². The van der Waals surface area contributed by atoms with Crippen LogP contribution in [0, 0.1) is 6.92 Å². The van der Waals surface area contributed by atoms with E-state index >= 15 is 0 Å². The highest BCUT2D eigenvalue weighted by Gasteiger charge is 2.19. The second-order valence-corrected chi connectivity index (χ2v) is 7.37. The van der Waals surface area contributed by atoms with Crippen LogP contribution in [0.25, 0.3) is 0 Å². The Balaban J connectivity index is 0.000000177. The molecular formula is C18H23NO4S. The van der Waals surface area contributed by atoms with Crippen molar-refractivity contribution in [2.24, 2.45) is 0 Å². The van der Waals surface area contributed by atoms with Crippen molar-refractivity contribution in [1.82, 2.24) is 4.90 Å². The predicted octanol–water partition coefficient (Wildman–Crippen LogP) is 2.49. The minimum absolute atomic E-state index is 0.0666. The molecule has 0 bridgehead atoms. The molecule has 0 aromatic heterocycles. The van der Waals surface area contributed by atoms with E-state index in [0.29, 0.717) is 0 Å². The summed E-state index contributed by atoms with van der Waals surface area (Å²) in [5, 5.41) is 9.34. The first kappa shape index (κ1) is 18.6. The Kier molecular flexibility index (Phi) is 6.51. The van der Waals surface area contributed by atoms with E-state index in [0.717, 1.165) is 31.6 Å². The van der Waals surface area contributed by atoms with Gasteiger partial charge in [-0.05, 0) is 31.0 Å². The lowest BCUT2D eigenvalue weighted by Gasteiger charge is -2.14. The van der Waals surface area contributed by atoms with Crippen molar-refractivity contribution in [2.45, 2.75) is 30.9 Å².